The van der Waals surface area contributed by atoms with Gasteiger partial charge in [-0.1, -0.05) is 66.7 Å². The van der Waals surface area contributed by atoms with Crippen LogP contribution in [0.2, 0.25) is 0 Å². The van der Waals surface area contributed by atoms with Crippen LogP contribution in [0.15, 0.2) is 95.9 Å². The highest BCUT2D eigenvalue weighted by Gasteiger charge is 2.36. The molecule has 1 aromatic heterocycles. The molecule has 0 unspecified atom stereocenters. The van der Waals surface area contributed by atoms with E-state index in [4.69, 9.17) is 9.72 Å². The van der Waals surface area contributed by atoms with Crippen LogP contribution in [0.4, 0.5) is 4.79 Å². The van der Waals surface area contributed by atoms with E-state index in [2.05, 4.69) is 0 Å². The van der Waals surface area contributed by atoms with Gasteiger partial charge in [0.1, 0.15) is 0 Å². The summed E-state index contributed by atoms with van der Waals surface area (Å²) in [4.78, 5) is 35.1. The first kappa shape index (κ1) is 26.4. The molecule has 0 bridgehead atoms. The highest BCUT2D eigenvalue weighted by molar-refractivity contribution is 7.99. The molecule has 5 rings (SSSR count). The van der Waals surface area contributed by atoms with Gasteiger partial charge in [0.2, 0.25) is 0 Å². The molecule has 0 aliphatic carbocycles. The zero-order valence-electron chi connectivity index (χ0n) is 21.6. The Morgan fingerprint density at radius 2 is 1.59 bits per heavy atom. The van der Waals surface area contributed by atoms with Crippen molar-refractivity contribution in [2.75, 3.05) is 32.0 Å². The number of rotatable bonds is 8. The number of piperazine rings is 1. The van der Waals surface area contributed by atoms with Gasteiger partial charge in [0.15, 0.2) is 5.69 Å². The number of aromatic nitrogens is 2. The van der Waals surface area contributed by atoms with Crippen LogP contribution in [-0.2, 0) is 0 Å². The van der Waals surface area contributed by atoms with Crippen molar-refractivity contribution < 1.29 is 19.4 Å². The Labute approximate surface area is 231 Å². The molecule has 1 fully saturated rings. The summed E-state index contributed by atoms with van der Waals surface area (Å²) in [7, 11) is 0. The van der Waals surface area contributed by atoms with E-state index >= 15 is 0 Å². The predicted octanol–water partition coefficient (Wildman–Crippen LogP) is 5.53. The third-order valence-corrected chi connectivity index (χ3v) is 7.74. The molecule has 2 amide bonds. The van der Waals surface area contributed by atoms with Gasteiger partial charge in [-0.25, -0.2) is 4.79 Å². The molecule has 2 heterocycles. The van der Waals surface area contributed by atoms with Gasteiger partial charge in [0, 0.05) is 35.8 Å². The predicted molar refractivity (Wildman–Crippen MR) is 152 cm³/mol. The van der Waals surface area contributed by atoms with Crippen molar-refractivity contribution in [3.8, 4) is 23.0 Å². The minimum atomic E-state index is -0.978. The van der Waals surface area contributed by atoms with Crippen molar-refractivity contribution in [3.05, 3.63) is 96.7 Å². The Bertz CT molecular complexity index is 1410. The molecular weight excluding hydrogens is 512 g/mol. The van der Waals surface area contributed by atoms with Gasteiger partial charge in [-0.2, -0.15) is 4.98 Å². The van der Waals surface area contributed by atoms with Gasteiger partial charge < -0.3 is 19.6 Å². The molecule has 9 heteroatoms. The van der Waals surface area contributed by atoms with Crippen LogP contribution >= 0.6 is 11.8 Å². The smallest absolute Gasteiger partial charge is 0.407 e. The summed E-state index contributed by atoms with van der Waals surface area (Å²) in [6, 6.07) is 29.3. The van der Waals surface area contributed by atoms with E-state index in [9.17, 15) is 14.7 Å². The summed E-state index contributed by atoms with van der Waals surface area (Å²) >= 11 is 1.61. The molecule has 0 spiro atoms. The van der Waals surface area contributed by atoms with Crippen molar-refractivity contribution in [1.82, 2.24) is 19.4 Å². The second-order valence-electron chi connectivity index (χ2n) is 9.07. The SMILES string of the molecule is CCOc1nc(C(=O)N2CCN(C(=O)O)C[C@H]2CSc2ccccc2)c(-c2ccccc2)n1-c1ccccc1. The van der Waals surface area contributed by atoms with E-state index < -0.39 is 6.09 Å². The average molecular weight is 543 g/mol. The van der Waals surface area contributed by atoms with E-state index in [0.717, 1.165) is 16.1 Å². The molecule has 1 aliphatic rings. The zero-order valence-corrected chi connectivity index (χ0v) is 22.5. The third-order valence-electron chi connectivity index (χ3n) is 6.58. The van der Waals surface area contributed by atoms with Gasteiger partial charge in [-0.05, 0) is 31.2 Å². The Morgan fingerprint density at radius 1 is 0.949 bits per heavy atom. The Balaban J connectivity index is 1.56. The van der Waals surface area contributed by atoms with Gasteiger partial charge in [-0.3, -0.25) is 9.36 Å². The van der Waals surface area contributed by atoms with Crippen LogP contribution in [-0.4, -0.2) is 74.5 Å². The molecule has 0 radical (unpaired) electrons. The lowest BCUT2D eigenvalue weighted by atomic mass is 10.1. The van der Waals surface area contributed by atoms with E-state index in [0.29, 0.717) is 24.1 Å². The van der Waals surface area contributed by atoms with Gasteiger partial charge >= 0.3 is 12.1 Å². The average Bonchev–Trinajstić information content (AvgIpc) is 3.36. The molecule has 0 saturated carbocycles. The number of nitrogens with zero attached hydrogens (tertiary/aromatic N) is 4. The van der Waals surface area contributed by atoms with Gasteiger partial charge in [-0.15, -0.1) is 11.8 Å². The maximum absolute atomic E-state index is 14.3. The summed E-state index contributed by atoms with van der Waals surface area (Å²) in [6.07, 6.45) is -0.978. The molecule has 1 aliphatic heterocycles. The Kier molecular flexibility index (Phi) is 8.17. The standard InChI is InChI=1S/C30H30N4O4S/c1-2-38-29-31-26(27(22-12-6-3-7-13-22)34(29)23-14-8-4-9-15-23)28(35)33-19-18-32(30(36)37)20-24(33)21-39-25-16-10-5-11-17-25/h3-17,24H,2,18-21H2,1H3,(H,36,37)/t24-/m0/s1. The first-order valence-electron chi connectivity index (χ1n) is 12.9. The number of imidazole rings is 1. The molecular formula is C30H30N4O4S. The highest BCUT2D eigenvalue weighted by Crippen LogP contribution is 2.34. The number of hydrogen-bond donors (Lipinski definition) is 1. The number of ether oxygens (including phenoxy) is 1. The summed E-state index contributed by atoms with van der Waals surface area (Å²) in [6.45, 7) is 3.03. The number of thioether (sulfide) groups is 1. The quantitative estimate of drug-likeness (QED) is 0.295. The van der Waals surface area contributed by atoms with Gasteiger partial charge in [0.25, 0.3) is 5.91 Å². The summed E-state index contributed by atoms with van der Waals surface area (Å²) in [5.74, 6) is 0.311. The Morgan fingerprint density at radius 3 is 2.23 bits per heavy atom. The molecule has 3 aromatic carbocycles. The summed E-state index contributed by atoms with van der Waals surface area (Å²) in [5.41, 5.74) is 2.60. The lowest BCUT2D eigenvalue weighted by molar-refractivity contribution is 0.0487. The van der Waals surface area contributed by atoms with E-state index in [-0.39, 0.29) is 37.3 Å². The minimum Gasteiger partial charge on any atom is -0.465 e. The minimum absolute atomic E-state index is 0.235. The van der Waals surface area contributed by atoms with E-state index in [1.807, 2.05) is 102 Å². The van der Waals surface area contributed by atoms with Crippen LogP contribution < -0.4 is 4.74 Å². The van der Waals surface area contributed by atoms with Crippen molar-refractivity contribution in [2.24, 2.45) is 0 Å². The molecule has 8 nitrogen and oxygen atoms in total. The summed E-state index contributed by atoms with van der Waals surface area (Å²) in [5, 5.41) is 9.68. The highest BCUT2D eigenvalue weighted by atomic mass is 32.2. The van der Waals surface area contributed by atoms with Crippen LogP contribution in [0.5, 0.6) is 6.01 Å². The number of para-hydroxylation sites is 1. The monoisotopic (exact) mass is 542 g/mol. The van der Waals surface area contributed by atoms with Crippen molar-refractivity contribution in [1.29, 1.82) is 0 Å². The van der Waals surface area contributed by atoms with Crippen molar-refractivity contribution in [2.45, 2.75) is 17.9 Å². The number of carboxylic acid groups (broad SMARTS) is 1. The first-order chi connectivity index (χ1) is 19.1. The van der Waals surface area contributed by atoms with Crippen molar-refractivity contribution in [3.63, 3.8) is 0 Å². The van der Waals surface area contributed by atoms with Gasteiger partial charge in [0.05, 0.1) is 24.0 Å². The fraction of sp³-hybridized carbons (Fsp3) is 0.233. The van der Waals surface area contributed by atoms with E-state index in [1.54, 1.807) is 16.7 Å². The lowest BCUT2D eigenvalue weighted by Gasteiger charge is -2.40. The fourth-order valence-corrected chi connectivity index (χ4v) is 5.76. The molecule has 200 valence electrons. The third kappa shape index (κ3) is 5.78. The first-order valence-corrected chi connectivity index (χ1v) is 13.9. The second-order valence-corrected chi connectivity index (χ2v) is 10.2. The molecule has 1 saturated heterocycles. The normalized spacial score (nSPS) is 15.3. The molecule has 1 N–H and O–H groups in total. The topological polar surface area (TPSA) is 87.9 Å². The number of amides is 2. The number of carbonyl (C=O) groups excluding carboxylic acids is 1. The van der Waals surface area contributed by atoms with E-state index in [1.165, 1.54) is 4.90 Å². The van der Waals surface area contributed by atoms with Crippen molar-refractivity contribution >= 4 is 23.8 Å². The molecule has 39 heavy (non-hydrogen) atoms. The Hall–Kier alpha value is -4.24. The number of benzene rings is 3. The number of carbonyl (C=O) groups is 2. The van der Waals surface area contributed by atoms with Crippen LogP contribution in [0, 0.1) is 0 Å². The summed E-state index contributed by atoms with van der Waals surface area (Å²) < 4.78 is 7.83. The fourth-order valence-electron chi connectivity index (χ4n) is 4.74. The second kappa shape index (κ2) is 12.1. The maximum Gasteiger partial charge on any atom is 0.407 e. The van der Waals surface area contributed by atoms with Crippen LogP contribution in [0.3, 0.4) is 0 Å². The largest absolute Gasteiger partial charge is 0.465 e. The van der Waals surface area contributed by atoms with Crippen LogP contribution in [0.1, 0.15) is 17.4 Å². The number of hydrogen-bond acceptors (Lipinski definition) is 5. The molecule has 4 aromatic rings. The maximum atomic E-state index is 14.3. The molecule has 1 atom stereocenters. The lowest BCUT2D eigenvalue weighted by Crippen LogP contribution is -2.57. The van der Waals surface area contributed by atoms with Crippen LogP contribution in [0.25, 0.3) is 16.9 Å². The zero-order chi connectivity index (χ0) is 27.2.